The summed E-state index contributed by atoms with van der Waals surface area (Å²) < 4.78 is 248. The first kappa shape index (κ1) is 47.5. The minimum atomic E-state index is -8.71. The van der Waals surface area contributed by atoms with Gasteiger partial charge in [0.05, 0.1) is 44.2 Å². The van der Waals surface area contributed by atoms with Crippen LogP contribution < -0.4 is 19.5 Å². The highest BCUT2D eigenvalue weighted by Gasteiger charge is 2.95. The summed E-state index contributed by atoms with van der Waals surface area (Å²) in [6, 6.07) is 15.4. The summed E-state index contributed by atoms with van der Waals surface area (Å²) in [6.45, 7) is -1.63. The number of ether oxygens (including phenoxy) is 3. The van der Waals surface area contributed by atoms with Crippen molar-refractivity contribution in [3.05, 3.63) is 83.4 Å². The summed E-state index contributed by atoms with van der Waals surface area (Å²) in [5, 5.41) is 2.70. The van der Waals surface area contributed by atoms with Crippen LogP contribution in [-0.2, 0) is 17.8 Å². The fraction of sp³-hybridized carbons (Fsp3) is 0.444. The molecule has 0 fully saturated rings. The zero-order valence-electron chi connectivity index (χ0n) is 30.4. The van der Waals surface area contributed by atoms with Crippen molar-refractivity contribution in [2.45, 2.75) is 79.5 Å². The number of para-hydroxylation sites is 1. The van der Waals surface area contributed by atoms with Crippen molar-refractivity contribution in [3.63, 3.8) is 0 Å². The molecule has 7 nitrogen and oxygen atoms in total. The number of hydrogen-bond donors (Lipinski definition) is 1. The maximum atomic E-state index is 14.4. The van der Waals surface area contributed by atoms with Crippen LogP contribution in [0, 0.1) is 0 Å². The van der Waals surface area contributed by atoms with Crippen molar-refractivity contribution in [1.82, 2.24) is 4.90 Å². The molecule has 0 bridgehead atoms. The molecule has 1 aliphatic rings. The SMILES string of the molecule is COc1cc(OCCCC(F)(F)C(F)(F)C(F)(F)C(F)(F)C(F)(F)C(F)(F)C(F)(F)C(F)(F)F)cc(OC)c1CN1C(=O)c2ccccc2NC(=O)C1Cc1ccccc1. The van der Waals surface area contributed by atoms with Gasteiger partial charge in [0.25, 0.3) is 5.91 Å². The molecule has 60 heavy (non-hydrogen) atoms. The number of rotatable bonds is 17. The molecule has 0 aromatic heterocycles. The number of benzene rings is 3. The van der Waals surface area contributed by atoms with Crippen LogP contribution in [0.5, 0.6) is 17.2 Å². The Balaban J connectivity index is 1.56. The van der Waals surface area contributed by atoms with Gasteiger partial charge in [0.2, 0.25) is 5.91 Å². The number of carbonyl (C=O) groups is 2. The number of anilines is 1. The summed E-state index contributed by atoms with van der Waals surface area (Å²) in [5.74, 6) is -59.0. The van der Waals surface area contributed by atoms with Crippen LogP contribution in [0.4, 0.5) is 80.3 Å². The van der Waals surface area contributed by atoms with Gasteiger partial charge in [-0.15, -0.1) is 0 Å². The van der Waals surface area contributed by atoms with E-state index in [1.165, 1.54) is 23.1 Å². The zero-order valence-corrected chi connectivity index (χ0v) is 30.4. The molecule has 2 amide bonds. The molecule has 1 unspecified atom stereocenters. The van der Waals surface area contributed by atoms with Crippen molar-refractivity contribution in [1.29, 1.82) is 0 Å². The predicted molar refractivity (Wildman–Crippen MR) is 174 cm³/mol. The van der Waals surface area contributed by atoms with Crippen LogP contribution in [0.2, 0.25) is 0 Å². The first-order valence-electron chi connectivity index (χ1n) is 16.8. The Labute approximate surface area is 327 Å². The molecule has 332 valence electrons. The second-order valence-corrected chi connectivity index (χ2v) is 13.1. The number of fused-ring (bicyclic) bond motifs is 1. The molecule has 1 atom stereocenters. The third-order valence-electron chi connectivity index (χ3n) is 9.23. The highest BCUT2D eigenvalue weighted by Crippen LogP contribution is 2.64. The lowest BCUT2D eigenvalue weighted by atomic mass is 9.88. The Morgan fingerprint density at radius 3 is 1.63 bits per heavy atom. The second kappa shape index (κ2) is 16.3. The molecule has 1 N–H and O–H groups in total. The molecule has 24 heteroatoms. The smallest absolute Gasteiger partial charge is 0.460 e. The number of hydrogen-bond acceptors (Lipinski definition) is 5. The highest BCUT2D eigenvalue weighted by molar-refractivity contribution is 6.09. The van der Waals surface area contributed by atoms with E-state index in [9.17, 15) is 84.2 Å². The van der Waals surface area contributed by atoms with Gasteiger partial charge in [-0.25, -0.2) is 0 Å². The summed E-state index contributed by atoms with van der Waals surface area (Å²) in [4.78, 5) is 28.7. The molecule has 0 saturated carbocycles. The first-order valence-corrected chi connectivity index (χ1v) is 16.8. The van der Waals surface area contributed by atoms with E-state index in [-0.39, 0.29) is 34.7 Å². The Bertz CT molecular complexity index is 2000. The standard InChI is InChI=1S/C36H29F17N2O5/c1-58-25-16-20(60-14-8-13-29(37,38)30(39,40)31(41,42)32(43,44)33(45,46)34(47,48)35(49,50)36(51,52)53)17-26(59-2)22(25)18-55-24(15-19-9-4-3-5-10-19)27(56)54-23-12-7-6-11-21(23)28(55)57/h3-7,9-12,16-17,24H,8,13-15,18H2,1-2H3,(H,54,56). The maximum absolute atomic E-state index is 14.4. The van der Waals surface area contributed by atoms with Gasteiger partial charge in [-0.2, -0.15) is 74.6 Å². The van der Waals surface area contributed by atoms with Crippen LogP contribution in [0.15, 0.2) is 66.7 Å². The fourth-order valence-electron chi connectivity index (χ4n) is 5.86. The number of nitrogens with one attached hydrogen (secondary N) is 1. The first-order chi connectivity index (χ1) is 27.4. The largest absolute Gasteiger partial charge is 0.496 e. The third kappa shape index (κ3) is 8.04. The quantitative estimate of drug-likeness (QED) is 0.108. The Hall–Kier alpha value is -5.19. The third-order valence-corrected chi connectivity index (χ3v) is 9.23. The van der Waals surface area contributed by atoms with Crippen LogP contribution >= 0.6 is 0 Å². The van der Waals surface area contributed by atoms with E-state index in [0.717, 1.165) is 26.4 Å². The van der Waals surface area contributed by atoms with Gasteiger partial charge in [-0.05, 0) is 24.1 Å². The number of alkyl halides is 17. The maximum Gasteiger partial charge on any atom is 0.460 e. The number of methoxy groups -OCH3 is 2. The average Bonchev–Trinajstić information content (AvgIpc) is 3.26. The van der Waals surface area contributed by atoms with Gasteiger partial charge >= 0.3 is 47.6 Å². The Kier molecular flexibility index (Phi) is 12.9. The van der Waals surface area contributed by atoms with E-state index in [1.807, 2.05) is 0 Å². The molecule has 0 spiro atoms. The minimum absolute atomic E-state index is 0.00832. The van der Waals surface area contributed by atoms with Gasteiger partial charge in [0, 0.05) is 25.0 Å². The van der Waals surface area contributed by atoms with Gasteiger partial charge in [0.1, 0.15) is 23.3 Å². The topological polar surface area (TPSA) is 77.1 Å². The van der Waals surface area contributed by atoms with Crippen molar-refractivity contribution in [2.75, 3.05) is 26.1 Å². The molecular weight excluding hydrogens is 863 g/mol. The van der Waals surface area contributed by atoms with Crippen LogP contribution in [-0.4, -0.2) is 91.2 Å². The van der Waals surface area contributed by atoms with Crippen LogP contribution in [0.1, 0.15) is 34.3 Å². The molecule has 1 heterocycles. The summed E-state index contributed by atoms with van der Waals surface area (Å²) in [6.07, 6.45) is -12.1. The van der Waals surface area contributed by atoms with E-state index in [1.54, 1.807) is 36.4 Å². The molecular formula is C36H29F17N2O5. The zero-order chi connectivity index (χ0) is 45.5. The molecule has 0 aliphatic carbocycles. The number of nitrogens with zero attached hydrogens (tertiary/aromatic N) is 1. The summed E-state index contributed by atoms with van der Waals surface area (Å²) in [5.41, 5.74) is 1.00. The average molecular weight is 893 g/mol. The Morgan fingerprint density at radius 2 is 1.12 bits per heavy atom. The lowest BCUT2D eigenvalue weighted by Crippen LogP contribution is -2.74. The highest BCUT2D eigenvalue weighted by atomic mass is 19.4. The molecule has 3 aromatic carbocycles. The predicted octanol–water partition coefficient (Wildman–Crippen LogP) is 10.1. The van der Waals surface area contributed by atoms with Gasteiger partial charge < -0.3 is 24.4 Å². The molecule has 1 aliphatic heterocycles. The van der Waals surface area contributed by atoms with E-state index < -0.39 is 97.2 Å². The summed E-state index contributed by atoms with van der Waals surface area (Å²) in [7, 11) is 2.19. The number of carbonyl (C=O) groups excluding carboxylic acids is 2. The normalized spacial score (nSPS) is 16.2. The number of halogens is 17. The lowest BCUT2D eigenvalue weighted by molar-refractivity contribution is -0.461. The van der Waals surface area contributed by atoms with Crippen molar-refractivity contribution in [2.24, 2.45) is 0 Å². The van der Waals surface area contributed by atoms with E-state index >= 15 is 0 Å². The van der Waals surface area contributed by atoms with Crippen LogP contribution in [0.3, 0.4) is 0 Å². The van der Waals surface area contributed by atoms with Gasteiger partial charge in [-0.1, -0.05) is 42.5 Å². The van der Waals surface area contributed by atoms with Gasteiger partial charge in [-0.3, -0.25) is 9.59 Å². The minimum Gasteiger partial charge on any atom is -0.496 e. The van der Waals surface area contributed by atoms with E-state index in [2.05, 4.69) is 5.32 Å². The molecule has 4 rings (SSSR count). The van der Waals surface area contributed by atoms with Crippen molar-refractivity contribution < 1.29 is 98.4 Å². The van der Waals surface area contributed by atoms with E-state index in [4.69, 9.17) is 14.2 Å². The molecule has 0 saturated heterocycles. The monoisotopic (exact) mass is 892 g/mol. The lowest BCUT2D eigenvalue weighted by Gasteiger charge is -2.42. The van der Waals surface area contributed by atoms with Crippen molar-refractivity contribution in [3.8, 4) is 17.2 Å². The van der Waals surface area contributed by atoms with Gasteiger partial charge in [0.15, 0.2) is 0 Å². The van der Waals surface area contributed by atoms with E-state index in [0.29, 0.717) is 5.56 Å². The second-order valence-electron chi connectivity index (χ2n) is 13.1. The summed E-state index contributed by atoms with van der Waals surface area (Å²) >= 11 is 0. The molecule has 3 aromatic rings. The number of amides is 2. The Morgan fingerprint density at radius 1 is 0.633 bits per heavy atom. The molecule has 0 radical (unpaired) electrons. The van der Waals surface area contributed by atoms with Crippen molar-refractivity contribution >= 4 is 17.5 Å². The fourth-order valence-corrected chi connectivity index (χ4v) is 5.86. The van der Waals surface area contributed by atoms with Crippen LogP contribution in [0.25, 0.3) is 0 Å².